The van der Waals surface area contributed by atoms with E-state index in [0.717, 1.165) is 38.2 Å². The fraction of sp³-hybridized carbons (Fsp3) is 0.429. The molecule has 2 nitrogen and oxygen atoms in total. The van der Waals surface area contributed by atoms with E-state index >= 15 is 0 Å². The van der Waals surface area contributed by atoms with Gasteiger partial charge in [-0.3, -0.25) is 9.80 Å². The van der Waals surface area contributed by atoms with Gasteiger partial charge < -0.3 is 0 Å². The fourth-order valence-electron chi connectivity index (χ4n) is 3.68. The SMILES string of the molecule is CN(Cc1cc(C(F)(F)F)cc(C(F)(F)F)c1)[C@H]1CCN(Cc2ccccc2)C1. The summed E-state index contributed by atoms with van der Waals surface area (Å²) in [7, 11) is 1.74. The van der Waals surface area contributed by atoms with Crippen molar-refractivity contribution in [3.8, 4) is 0 Å². The van der Waals surface area contributed by atoms with Gasteiger partial charge in [-0.1, -0.05) is 30.3 Å². The predicted octanol–water partition coefficient (Wildman–Crippen LogP) is 5.43. The second-order valence-corrected chi connectivity index (χ2v) is 7.49. The Hall–Kier alpha value is -2.06. The average molecular weight is 416 g/mol. The van der Waals surface area contributed by atoms with Gasteiger partial charge in [0, 0.05) is 32.2 Å². The Bertz CT molecular complexity index is 784. The van der Waals surface area contributed by atoms with E-state index in [1.165, 1.54) is 5.56 Å². The van der Waals surface area contributed by atoms with Crippen molar-refractivity contribution in [3.05, 3.63) is 70.8 Å². The maximum atomic E-state index is 13.0. The summed E-state index contributed by atoms with van der Waals surface area (Å²) in [4.78, 5) is 4.07. The molecule has 2 aromatic carbocycles. The van der Waals surface area contributed by atoms with Crippen LogP contribution in [-0.2, 0) is 25.4 Å². The van der Waals surface area contributed by atoms with Crippen LogP contribution >= 0.6 is 0 Å². The Labute approximate surface area is 165 Å². The van der Waals surface area contributed by atoms with Crippen LogP contribution in [0, 0.1) is 0 Å². The zero-order valence-corrected chi connectivity index (χ0v) is 15.9. The number of likely N-dealkylation sites (tertiary alicyclic amines) is 1. The fourth-order valence-corrected chi connectivity index (χ4v) is 3.68. The second kappa shape index (κ2) is 8.36. The molecule has 2 aromatic rings. The highest BCUT2D eigenvalue weighted by molar-refractivity contribution is 5.33. The van der Waals surface area contributed by atoms with E-state index in [2.05, 4.69) is 4.90 Å². The molecule has 1 aliphatic rings. The third-order valence-corrected chi connectivity index (χ3v) is 5.20. The van der Waals surface area contributed by atoms with Gasteiger partial charge >= 0.3 is 12.4 Å². The van der Waals surface area contributed by atoms with Crippen molar-refractivity contribution in [3.63, 3.8) is 0 Å². The number of benzene rings is 2. The number of alkyl halides is 6. The first-order valence-electron chi connectivity index (χ1n) is 9.27. The van der Waals surface area contributed by atoms with Crippen molar-refractivity contribution < 1.29 is 26.3 Å². The van der Waals surface area contributed by atoms with Crippen LogP contribution in [0.3, 0.4) is 0 Å². The number of hydrogen-bond donors (Lipinski definition) is 0. The predicted molar refractivity (Wildman–Crippen MR) is 98.0 cm³/mol. The molecule has 1 heterocycles. The molecule has 1 saturated heterocycles. The summed E-state index contributed by atoms with van der Waals surface area (Å²) in [6.45, 7) is 2.35. The number of hydrogen-bond acceptors (Lipinski definition) is 2. The minimum absolute atomic E-state index is 0.0103. The number of halogens is 6. The van der Waals surface area contributed by atoms with Crippen molar-refractivity contribution in [1.82, 2.24) is 9.80 Å². The number of likely N-dealkylation sites (N-methyl/N-ethyl adjacent to an activating group) is 1. The van der Waals surface area contributed by atoms with Gasteiger partial charge in [0.25, 0.3) is 0 Å². The summed E-state index contributed by atoms with van der Waals surface area (Å²) in [5, 5.41) is 0. The van der Waals surface area contributed by atoms with Crippen LogP contribution in [0.1, 0.15) is 28.7 Å². The lowest BCUT2D eigenvalue weighted by molar-refractivity contribution is -0.143. The maximum Gasteiger partial charge on any atom is 0.416 e. The van der Waals surface area contributed by atoms with E-state index < -0.39 is 23.5 Å². The van der Waals surface area contributed by atoms with Crippen LogP contribution in [0.25, 0.3) is 0 Å². The molecule has 1 aliphatic heterocycles. The molecule has 0 unspecified atom stereocenters. The third kappa shape index (κ3) is 5.73. The Balaban J connectivity index is 1.69. The van der Waals surface area contributed by atoms with Gasteiger partial charge in [0.05, 0.1) is 11.1 Å². The van der Waals surface area contributed by atoms with Crippen LogP contribution in [0.5, 0.6) is 0 Å². The molecule has 8 heteroatoms. The van der Waals surface area contributed by atoms with Crippen molar-refractivity contribution in [2.45, 2.75) is 37.9 Å². The molecule has 29 heavy (non-hydrogen) atoms. The molecule has 0 radical (unpaired) electrons. The van der Waals surface area contributed by atoms with E-state index in [4.69, 9.17) is 0 Å². The smallest absolute Gasteiger partial charge is 0.298 e. The monoisotopic (exact) mass is 416 g/mol. The molecule has 0 amide bonds. The van der Waals surface area contributed by atoms with Crippen LogP contribution < -0.4 is 0 Å². The van der Waals surface area contributed by atoms with Crippen LogP contribution in [-0.4, -0.2) is 36.0 Å². The van der Waals surface area contributed by atoms with Gasteiger partial charge in [-0.25, -0.2) is 0 Å². The summed E-state index contributed by atoms with van der Waals surface area (Å²) in [6, 6.07) is 11.8. The highest BCUT2D eigenvalue weighted by Crippen LogP contribution is 2.36. The zero-order valence-electron chi connectivity index (χ0n) is 15.9. The van der Waals surface area contributed by atoms with Gasteiger partial charge in [-0.2, -0.15) is 26.3 Å². The van der Waals surface area contributed by atoms with E-state index in [1.807, 2.05) is 35.2 Å². The van der Waals surface area contributed by atoms with Crippen molar-refractivity contribution in [2.75, 3.05) is 20.1 Å². The van der Waals surface area contributed by atoms with Gasteiger partial charge in [0.1, 0.15) is 0 Å². The summed E-state index contributed by atoms with van der Waals surface area (Å²) >= 11 is 0. The number of nitrogens with zero attached hydrogens (tertiary/aromatic N) is 2. The molecule has 0 N–H and O–H groups in total. The summed E-state index contributed by atoms with van der Waals surface area (Å²) in [5.41, 5.74) is -1.36. The lowest BCUT2D eigenvalue weighted by atomic mass is 10.0. The molecule has 3 rings (SSSR count). The van der Waals surface area contributed by atoms with E-state index in [1.54, 1.807) is 7.05 Å². The van der Waals surface area contributed by atoms with Gasteiger partial charge in [0.2, 0.25) is 0 Å². The van der Waals surface area contributed by atoms with E-state index in [9.17, 15) is 26.3 Å². The average Bonchev–Trinajstić information content (AvgIpc) is 3.09. The molecular formula is C21H22F6N2. The Morgan fingerprint density at radius 2 is 1.48 bits per heavy atom. The Kier molecular flexibility index (Phi) is 6.24. The standard InChI is InChI=1S/C21H22F6N2/c1-28(19-7-8-29(14-19)13-15-5-3-2-4-6-15)12-16-9-17(20(22,23)24)11-18(10-16)21(25,26)27/h2-6,9-11,19H,7-8,12-14H2,1H3/t19-/m0/s1. The quantitative estimate of drug-likeness (QED) is 0.600. The first-order valence-corrected chi connectivity index (χ1v) is 9.27. The molecule has 0 spiro atoms. The van der Waals surface area contributed by atoms with Gasteiger partial charge in [0.15, 0.2) is 0 Å². The molecule has 0 saturated carbocycles. The van der Waals surface area contributed by atoms with E-state index in [-0.39, 0.29) is 24.2 Å². The third-order valence-electron chi connectivity index (χ3n) is 5.20. The molecule has 0 aliphatic carbocycles. The molecule has 1 fully saturated rings. The van der Waals surface area contributed by atoms with Crippen molar-refractivity contribution in [2.24, 2.45) is 0 Å². The van der Waals surface area contributed by atoms with Crippen LogP contribution in [0.4, 0.5) is 26.3 Å². The summed E-state index contributed by atoms with van der Waals surface area (Å²) < 4.78 is 78.3. The highest BCUT2D eigenvalue weighted by atomic mass is 19.4. The molecule has 1 atom stereocenters. The van der Waals surface area contributed by atoms with Crippen LogP contribution in [0.2, 0.25) is 0 Å². The van der Waals surface area contributed by atoms with Crippen molar-refractivity contribution in [1.29, 1.82) is 0 Å². The Morgan fingerprint density at radius 3 is 2.03 bits per heavy atom. The molecular weight excluding hydrogens is 394 g/mol. The lowest BCUT2D eigenvalue weighted by Gasteiger charge is -2.25. The molecule has 0 aromatic heterocycles. The first kappa shape index (κ1) is 21.6. The summed E-state index contributed by atoms with van der Waals surface area (Å²) in [6.07, 6.45) is -8.84. The highest BCUT2D eigenvalue weighted by Gasteiger charge is 2.37. The molecule has 158 valence electrons. The molecule has 0 bridgehead atoms. The van der Waals surface area contributed by atoms with Crippen molar-refractivity contribution >= 4 is 0 Å². The van der Waals surface area contributed by atoms with Crippen LogP contribution in [0.15, 0.2) is 48.5 Å². The minimum atomic E-state index is -4.82. The second-order valence-electron chi connectivity index (χ2n) is 7.49. The topological polar surface area (TPSA) is 6.48 Å². The zero-order chi connectivity index (χ0) is 21.2. The lowest BCUT2D eigenvalue weighted by Crippen LogP contribution is -2.34. The summed E-state index contributed by atoms with van der Waals surface area (Å²) in [5.74, 6) is 0. The van der Waals surface area contributed by atoms with Gasteiger partial charge in [-0.05, 0) is 42.8 Å². The minimum Gasteiger partial charge on any atom is -0.298 e. The normalized spacial score (nSPS) is 18.6. The number of rotatable bonds is 5. The first-order chi connectivity index (χ1) is 13.5. The Morgan fingerprint density at radius 1 is 0.897 bits per heavy atom. The maximum absolute atomic E-state index is 13.0. The van der Waals surface area contributed by atoms with E-state index in [0.29, 0.717) is 0 Å². The van der Waals surface area contributed by atoms with Gasteiger partial charge in [-0.15, -0.1) is 0 Å². The largest absolute Gasteiger partial charge is 0.416 e.